The summed E-state index contributed by atoms with van der Waals surface area (Å²) in [5.74, 6) is -0.811. The number of carbonyl (C=O) groups excluding carboxylic acids is 1. The lowest BCUT2D eigenvalue weighted by Crippen LogP contribution is -2.47. The molecular weight excluding hydrogens is 716 g/mol. The highest BCUT2D eigenvalue weighted by Gasteiger charge is 2.30. The Labute approximate surface area is 317 Å². The zero-order valence-corrected chi connectivity index (χ0v) is 32.1. The molecule has 14 heteroatoms. The number of allylic oxidation sites excluding steroid dienone is 1. The van der Waals surface area contributed by atoms with E-state index in [1.54, 1.807) is 12.1 Å². The minimum absolute atomic E-state index is 0.172. The number of piperazine rings is 1. The molecule has 0 saturated carbocycles. The van der Waals surface area contributed by atoms with Crippen LogP contribution in [0.3, 0.4) is 0 Å². The SMILES string of the molecule is CC1(C)CCC(c2ccc(Cl)cc2)=C(CN2CCN(c3ccc(C(=O)NS(=O)(=O)c4ccc(NCCCN5CCOCC5)c([N+](=O)[O-])c4)cc3)CC2)C1. The molecule has 0 spiro atoms. The number of amides is 1. The van der Waals surface area contributed by atoms with E-state index >= 15 is 0 Å². The molecule has 12 nitrogen and oxygen atoms in total. The molecule has 6 rings (SSSR count). The van der Waals surface area contributed by atoms with Gasteiger partial charge in [-0.25, -0.2) is 13.1 Å². The number of benzene rings is 3. The number of anilines is 2. The number of nitrogens with one attached hydrogen (secondary N) is 2. The first kappa shape index (κ1) is 38.7. The van der Waals surface area contributed by atoms with Crippen molar-refractivity contribution in [1.29, 1.82) is 0 Å². The van der Waals surface area contributed by atoms with E-state index in [0.29, 0.717) is 19.8 Å². The molecule has 2 saturated heterocycles. The van der Waals surface area contributed by atoms with Crippen molar-refractivity contribution < 1.29 is 22.9 Å². The Morgan fingerprint density at radius 2 is 1.64 bits per heavy atom. The third-order valence-electron chi connectivity index (χ3n) is 10.4. The monoisotopic (exact) mass is 764 g/mol. The van der Waals surface area contributed by atoms with Gasteiger partial charge in [-0.3, -0.25) is 24.7 Å². The largest absolute Gasteiger partial charge is 0.379 e. The van der Waals surface area contributed by atoms with Crippen LogP contribution in [-0.4, -0.2) is 101 Å². The molecule has 3 aromatic carbocycles. The summed E-state index contributed by atoms with van der Waals surface area (Å²) in [5.41, 5.74) is 5.43. The average Bonchev–Trinajstić information content (AvgIpc) is 3.14. The molecule has 0 radical (unpaired) electrons. The van der Waals surface area contributed by atoms with E-state index < -0.39 is 20.9 Å². The Morgan fingerprint density at radius 1 is 0.943 bits per heavy atom. The number of hydrogen-bond donors (Lipinski definition) is 2. The van der Waals surface area contributed by atoms with Gasteiger partial charge in [0.05, 0.1) is 23.0 Å². The number of nitro benzene ring substituents is 1. The number of nitrogens with zero attached hydrogens (tertiary/aromatic N) is 4. The summed E-state index contributed by atoms with van der Waals surface area (Å²) < 4.78 is 33.8. The number of morpholine rings is 1. The van der Waals surface area contributed by atoms with E-state index in [1.165, 1.54) is 28.8 Å². The molecule has 2 N–H and O–H groups in total. The van der Waals surface area contributed by atoms with Crippen LogP contribution in [0.25, 0.3) is 5.57 Å². The quantitative estimate of drug-likeness (QED) is 0.116. The van der Waals surface area contributed by atoms with Crippen molar-refractivity contribution in [1.82, 2.24) is 14.5 Å². The molecule has 0 atom stereocenters. The number of halogens is 1. The first-order valence-corrected chi connectivity index (χ1v) is 20.2. The molecule has 53 heavy (non-hydrogen) atoms. The lowest BCUT2D eigenvalue weighted by atomic mass is 9.73. The second-order valence-corrected chi connectivity index (χ2v) is 17.0. The normalized spacial score (nSPS) is 18.5. The fraction of sp³-hybridized carbons (Fsp3) is 0.462. The Hall–Kier alpha value is -4.01. The molecule has 1 amide bonds. The van der Waals surface area contributed by atoms with Gasteiger partial charge in [0.1, 0.15) is 5.69 Å². The number of sulfonamides is 1. The molecule has 0 bridgehead atoms. The van der Waals surface area contributed by atoms with Gasteiger partial charge in [-0.05, 0) is 97.3 Å². The van der Waals surface area contributed by atoms with E-state index in [1.807, 2.05) is 24.3 Å². The maximum atomic E-state index is 13.2. The molecule has 3 aromatic rings. The van der Waals surface area contributed by atoms with Crippen molar-refractivity contribution in [2.75, 3.05) is 82.3 Å². The van der Waals surface area contributed by atoms with Gasteiger partial charge in [-0.2, -0.15) is 0 Å². The summed E-state index contributed by atoms with van der Waals surface area (Å²) in [6, 6.07) is 18.7. The van der Waals surface area contributed by atoms with E-state index in [9.17, 15) is 23.3 Å². The van der Waals surface area contributed by atoms with Crippen molar-refractivity contribution in [3.05, 3.63) is 98.6 Å². The van der Waals surface area contributed by atoms with Crippen LogP contribution < -0.4 is 14.9 Å². The first-order chi connectivity index (χ1) is 25.4. The zero-order chi connectivity index (χ0) is 37.6. The van der Waals surface area contributed by atoms with Crippen LogP contribution in [0.1, 0.15) is 55.5 Å². The third kappa shape index (κ3) is 10.2. The molecule has 2 aliphatic heterocycles. The first-order valence-electron chi connectivity index (χ1n) is 18.3. The smallest absolute Gasteiger partial charge is 0.293 e. The van der Waals surface area contributed by atoms with Crippen molar-refractivity contribution in [2.24, 2.45) is 5.41 Å². The van der Waals surface area contributed by atoms with Crippen LogP contribution in [-0.2, 0) is 14.8 Å². The second kappa shape index (κ2) is 17.0. The Kier molecular flexibility index (Phi) is 12.4. The summed E-state index contributed by atoms with van der Waals surface area (Å²) >= 11 is 6.18. The topological polar surface area (TPSA) is 137 Å². The Morgan fingerprint density at radius 3 is 2.32 bits per heavy atom. The number of hydrogen-bond acceptors (Lipinski definition) is 10. The number of ether oxygens (including phenoxy) is 1. The number of nitro groups is 1. The summed E-state index contributed by atoms with van der Waals surface area (Å²) in [4.78, 5) is 31.0. The highest BCUT2D eigenvalue weighted by molar-refractivity contribution is 7.90. The van der Waals surface area contributed by atoms with Crippen molar-refractivity contribution >= 4 is 50.2 Å². The van der Waals surface area contributed by atoms with Gasteiger partial charge in [-0.1, -0.05) is 43.2 Å². The van der Waals surface area contributed by atoms with E-state index in [0.717, 1.165) is 94.8 Å². The summed E-state index contributed by atoms with van der Waals surface area (Å²) in [5, 5.41) is 15.6. The molecule has 1 aliphatic carbocycles. The van der Waals surface area contributed by atoms with Gasteiger partial charge in [0.25, 0.3) is 21.6 Å². The van der Waals surface area contributed by atoms with Crippen molar-refractivity contribution in [3.8, 4) is 0 Å². The zero-order valence-electron chi connectivity index (χ0n) is 30.5. The minimum atomic E-state index is -4.38. The molecule has 3 aliphatic rings. The van der Waals surface area contributed by atoms with Gasteiger partial charge >= 0.3 is 0 Å². The highest BCUT2D eigenvalue weighted by Crippen LogP contribution is 2.43. The number of carbonyl (C=O) groups is 1. The Bertz CT molecular complexity index is 1910. The van der Waals surface area contributed by atoms with Crippen LogP contribution in [0.15, 0.2) is 77.2 Å². The van der Waals surface area contributed by atoms with Crippen molar-refractivity contribution in [3.63, 3.8) is 0 Å². The van der Waals surface area contributed by atoms with Gasteiger partial charge in [0.2, 0.25) is 0 Å². The molecule has 0 aromatic heterocycles. The molecule has 2 heterocycles. The molecule has 2 fully saturated rings. The van der Waals surface area contributed by atoms with E-state index in [-0.39, 0.29) is 27.2 Å². The lowest BCUT2D eigenvalue weighted by molar-refractivity contribution is -0.384. The molecular formula is C39H49ClN6O6S. The third-order valence-corrected chi connectivity index (χ3v) is 12.0. The van der Waals surface area contributed by atoms with Crippen LogP contribution in [0.4, 0.5) is 17.1 Å². The predicted octanol–water partition coefficient (Wildman–Crippen LogP) is 6.29. The fourth-order valence-electron chi connectivity index (χ4n) is 7.39. The summed E-state index contributed by atoms with van der Waals surface area (Å²) in [7, 11) is -4.38. The summed E-state index contributed by atoms with van der Waals surface area (Å²) in [6.45, 7) is 13.5. The second-order valence-electron chi connectivity index (χ2n) is 14.8. The van der Waals surface area contributed by atoms with E-state index in [4.69, 9.17) is 16.3 Å². The lowest BCUT2D eigenvalue weighted by Gasteiger charge is -2.39. The van der Waals surface area contributed by atoms with Crippen LogP contribution in [0.2, 0.25) is 5.02 Å². The van der Waals surface area contributed by atoms with Crippen molar-refractivity contribution in [2.45, 2.75) is 44.4 Å². The Balaban J connectivity index is 1.03. The van der Waals surface area contributed by atoms with Crippen LogP contribution >= 0.6 is 11.6 Å². The molecule has 0 unspecified atom stereocenters. The average molecular weight is 765 g/mol. The number of rotatable bonds is 13. The minimum Gasteiger partial charge on any atom is -0.379 e. The standard InChI is InChI=1S/C39H49ClN6O6S/c1-39(2)15-14-35(29-4-8-32(40)9-5-29)31(27-39)28-44-18-20-45(21-19-44)33-10-6-30(7-11-33)38(47)42-53(50,51)34-12-13-36(37(26-34)46(48)49)41-16-3-17-43-22-24-52-25-23-43/h4-13,26,41H,3,14-25,27-28H2,1-2H3,(H,42,47). The maximum Gasteiger partial charge on any atom is 0.293 e. The molecule has 284 valence electrons. The van der Waals surface area contributed by atoms with E-state index in [2.05, 4.69) is 50.7 Å². The highest BCUT2D eigenvalue weighted by atomic mass is 35.5. The maximum absolute atomic E-state index is 13.2. The van der Waals surface area contributed by atoms with Crippen LogP contribution in [0.5, 0.6) is 0 Å². The predicted molar refractivity (Wildman–Crippen MR) is 209 cm³/mol. The van der Waals surface area contributed by atoms with Gasteiger partial charge in [-0.15, -0.1) is 0 Å². The van der Waals surface area contributed by atoms with Gasteiger partial charge in [0.15, 0.2) is 0 Å². The van der Waals surface area contributed by atoms with Gasteiger partial charge < -0.3 is 15.0 Å². The fourth-order valence-corrected chi connectivity index (χ4v) is 8.51. The van der Waals surface area contributed by atoms with Gasteiger partial charge in [0, 0.05) is 74.7 Å². The van der Waals surface area contributed by atoms with Crippen LogP contribution in [0, 0.1) is 15.5 Å². The summed E-state index contributed by atoms with van der Waals surface area (Å²) in [6.07, 6.45) is 4.04.